The minimum Gasteiger partial charge on any atom is -0.495 e. The van der Waals surface area contributed by atoms with Crippen molar-refractivity contribution in [2.45, 2.75) is 20.8 Å². The Morgan fingerprint density at radius 1 is 1.12 bits per heavy atom. The van der Waals surface area contributed by atoms with Crippen LogP contribution in [0, 0.1) is 20.8 Å². The zero-order chi connectivity index (χ0) is 17.3. The van der Waals surface area contributed by atoms with Crippen molar-refractivity contribution in [2.75, 3.05) is 18.2 Å². The van der Waals surface area contributed by atoms with Crippen molar-refractivity contribution < 1.29 is 4.74 Å². The predicted octanol–water partition coefficient (Wildman–Crippen LogP) is 2.92. The van der Waals surface area contributed by atoms with E-state index in [1.807, 2.05) is 45.0 Å². The lowest BCUT2D eigenvalue weighted by molar-refractivity contribution is 0.416. The van der Waals surface area contributed by atoms with Gasteiger partial charge in [-0.3, -0.25) is 0 Å². The minimum absolute atomic E-state index is 0.423. The summed E-state index contributed by atoms with van der Waals surface area (Å²) in [5.74, 6) is 1.77. The first-order valence-electron chi connectivity index (χ1n) is 7.55. The van der Waals surface area contributed by atoms with Gasteiger partial charge in [-0.05, 0) is 44.5 Å². The highest BCUT2D eigenvalue weighted by molar-refractivity contribution is 5.76. The number of methoxy groups -OCH3 is 1. The predicted molar refractivity (Wildman–Crippen MR) is 94.1 cm³/mol. The van der Waals surface area contributed by atoms with Crippen LogP contribution in [-0.4, -0.2) is 26.9 Å². The number of aryl methyl sites for hydroxylation is 3. The summed E-state index contributed by atoms with van der Waals surface area (Å²) >= 11 is 0. The van der Waals surface area contributed by atoms with E-state index in [0.29, 0.717) is 23.1 Å². The summed E-state index contributed by atoms with van der Waals surface area (Å²) in [5.41, 5.74) is 10.5. The van der Waals surface area contributed by atoms with Gasteiger partial charge in [-0.1, -0.05) is 6.07 Å². The van der Waals surface area contributed by atoms with Gasteiger partial charge in [-0.2, -0.15) is 5.10 Å². The Balaban J connectivity index is 2.03. The molecule has 0 saturated carbocycles. The lowest BCUT2D eigenvalue weighted by atomic mass is 10.2. The molecule has 3 aromatic rings. The van der Waals surface area contributed by atoms with Crippen LogP contribution in [0.25, 0.3) is 5.82 Å². The fraction of sp³-hybridized carbons (Fsp3) is 0.235. The third kappa shape index (κ3) is 2.88. The van der Waals surface area contributed by atoms with Gasteiger partial charge < -0.3 is 15.8 Å². The van der Waals surface area contributed by atoms with Crippen LogP contribution in [0.4, 0.5) is 17.2 Å². The van der Waals surface area contributed by atoms with Crippen LogP contribution in [0.15, 0.2) is 30.6 Å². The normalized spacial score (nSPS) is 10.7. The number of nitrogens with two attached hydrogens (primary N) is 1. The Morgan fingerprint density at radius 3 is 2.58 bits per heavy atom. The molecular weight excluding hydrogens is 304 g/mol. The molecule has 7 nitrogen and oxygen atoms in total. The molecule has 3 N–H and O–H groups in total. The molecule has 0 unspecified atom stereocenters. The van der Waals surface area contributed by atoms with Gasteiger partial charge >= 0.3 is 0 Å². The molecule has 0 bridgehead atoms. The highest BCUT2D eigenvalue weighted by atomic mass is 16.5. The number of benzene rings is 1. The molecule has 0 fully saturated rings. The quantitative estimate of drug-likeness (QED) is 0.767. The van der Waals surface area contributed by atoms with Crippen LogP contribution in [0.1, 0.15) is 17.0 Å². The van der Waals surface area contributed by atoms with E-state index >= 15 is 0 Å². The van der Waals surface area contributed by atoms with Crippen molar-refractivity contribution >= 4 is 17.2 Å². The molecule has 0 radical (unpaired) electrons. The number of ether oxygens (including phenoxy) is 1. The van der Waals surface area contributed by atoms with Crippen LogP contribution >= 0.6 is 0 Å². The minimum atomic E-state index is 0.423. The summed E-state index contributed by atoms with van der Waals surface area (Å²) < 4.78 is 7.10. The summed E-state index contributed by atoms with van der Waals surface area (Å²) in [7, 11) is 1.63. The number of anilines is 3. The standard InChI is InChI=1S/C17H20N6O/c1-10-5-6-14(24-4)13(7-10)21-16-15(18)17(20-9-19-16)23-12(3)8-11(2)22-23/h5-9H,18H2,1-4H3,(H,19,20,21). The highest BCUT2D eigenvalue weighted by Crippen LogP contribution is 2.31. The van der Waals surface area contributed by atoms with Gasteiger partial charge in [0.05, 0.1) is 18.5 Å². The van der Waals surface area contributed by atoms with Crippen molar-refractivity contribution in [1.82, 2.24) is 19.7 Å². The molecular formula is C17H20N6O. The summed E-state index contributed by atoms with van der Waals surface area (Å²) in [6.07, 6.45) is 1.47. The molecule has 2 heterocycles. The van der Waals surface area contributed by atoms with E-state index in [1.54, 1.807) is 11.8 Å². The smallest absolute Gasteiger partial charge is 0.182 e. The number of nitrogens with zero attached hydrogens (tertiary/aromatic N) is 4. The van der Waals surface area contributed by atoms with Gasteiger partial charge in [-0.15, -0.1) is 0 Å². The van der Waals surface area contributed by atoms with Gasteiger partial charge in [-0.25, -0.2) is 14.6 Å². The Bertz CT molecular complexity index is 887. The Labute approximate surface area is 140 Å². The van der Waals surface area contributed by atoms with Crippen molar-refractivity contribution in [1.29, 1.82) is 0 Å². The molecule has 3 rings (SSSR count). The average Bonchev–Trinajstić information content (AvgIpc) is 2.88. The van der Waals surface area contributed by atoms with Gasteiger partial charge in [0, 0.05) is 5.69 Å². The van der Waals surface area contributed by atoms with Gasteiger partial charge in [0.1, 0.15) is 17.8 Å². The van der Waals surface area contributed by atoms with Crippen LogP contribution in [-0.2, 0) is 0 Å². The van der Waals surface area contributed by atoms with E-state index < -0.39 is 0 Å². The van der Waals surface area contributed by atoms with Crippen LogP contribution in [0.2, 0.25) is 0 Å². The van der Waals surface area contributed by atoms with E-state index in [9.17, 15) is 0 Å². The Kier molecular flexibility index (Phi) is 4.07. The summed E-state index contributed by atoms with van der Waals surface area (Å²) in [6.45, 7) is 5.89. The molecule has 7 heteroatoms. The third-order valence-electron chi connectivity index (χ3n) is 3.68. The van der Waals surface area contributed by atoms with Crippen molar-refractivity contribution in [3.05, 3.63) is 47.5 Å². The average molecular weight is 324 g/mol. The fourth-order valence-electron chi connectivity index (χ4n) is 2.55. The monoisotopic (exact) mass is 324 g/mol. The molecule has 24 heavy (non-hydrogen) atoms. The maximum atomic E-state index is 6.28. The van der Waals surface area contributed by atoms with Crippen molar-refractivity contribution in [2.24, 2.45) is 0 Å². The van der Waals surface area contributed by atoms with Crippen LogP contribution in [0.3, 0.4) is 0 Å². The van der Waals surface area contributed by atoms with Crippen molar-refractivity contribution in [3.63, 3.8) is 0 Å². The second-order valence-electron chi connectivity index (χ2n) is 5.63. The molecule has 1 aromatic carbocycles. The molecule has 0 aliphatic heterocycles. The zero-order valence-corrected chi connectivity index (χ0v) is 14.2. The molecule has 0 saturated heterocycles. The number of nitrogens with one attached hydrogen (secondary N) is 1. The highest BCUT2D eigenvalue weighted by Gasteiger charge is 2.14. The zero-order valence-electron chi connectivity index (χ0n) is 14.2. The molecule has 0 spiro atoms. The maximum absolute atomic E-state index is 6.28. The molecule has 124 valence electrons. The maximum Gasteiger partial charge on any atom is 0.182 e. The number of hydrogen-bond donors (Lipinski definition) is 2. The largest absolute Gasteiger partial charge is 0.495 e. The SMILES string of the molecule is COc1ccc(C)cc1Nc1ncnc(-n2nc(C)cc2C)c1N. The van der Waals surface area contributed by atoms with Gasteiger partial charge in [0.25, 0.3) is 0 Å². The second kappa shape index (κ2) is 6.19. The topological polar surface area (TPSA) is 90.9 Å². The molecule has 2 aromatic heterocycles. The fourth-order valence-corrected chi connectivity index (χ4v) is 2.55. The first-order valence-corrected chi connectivity index (χ1v) is 7.55. The first kappa shape index (κ1) is 15.8. The van der Waals surface area contributed by atoms with E-state index in [1.165, 1.54) is 6.33 Å². The molecule has 0 amide bonds. The summed E-state index contributed by atoms with van der Waals surface area (Å²) in [4.78, 5) is 8.54. The van der Waals surface area contributed by atoms with Crippen molar-refractivity contribution in [3.8, 4) is 11.6 Å². The van der Waals surface area contributed by atoms with Crippen LogP contribution in [0.5, 0.6) is 5.75 Å². The van der Waals surface area contributed by atoms with E-state index in [0.717, 1.165) is 22.6 Å². The lowest BCUT2D eigenvalue weighted by Gasteiger charge is -2.14. The third-order valence-corrected chi connectivity index (χ3v) is 3.68. The molecule has 0 aliphatic carbocycles. The first-order chi connectivity index (χ1) is 11.5. The summed E-state index contributed by atoms with van der Waals surface area (Å²) in [6, 6.07) is 7.83. The number of hydrogen-bond acceptors (Lipinski definition) is 6. The molecule has 0 atom stereocenters. The number of rotatable bonds is 4. The number of nitrogen functional groups attached to an aromatic ring is 1. The van der Waals surface area contributed by atoms with Gasteiger partial charge in [0.2, 0.25) is 0 Å². The lowest BCUT2D eigenvalue weighted by Crippen LogP contribution is -2.10. The van der Waals surface area contributed by atoms with Gasteiger partial charge in [0.15, 0.2) is 11.6 Å². The number of aromatic nitrogens is 4. The van der Waals surface area contributed by atoms with E-state index in [-0.39, 0.29) is 0 Å². The molecule has 0 aliphatic rings. The van der Waals surface area contributed by atoms with E-state index in [4.69, 9.17) is 10.5 Å². The van der Waals surface area contributed by atoms with E-state index in [2.05, 4.69) is 20.4 Å². The Hall–Kier alpha value is -3.09. The Morgan fingerprint density at radius 2 is 1.92 bits per heavy atom. The second-order valence-corrected chi connectivity index (χ2v) is 5.63. The van der Waals surface area contributed by atoms with Crippen LogP contribution < -0.4 is 15.8 Å². The summed E-state index contributed by atoms with van der Waals surface area (Å²) in [5, 5.41) is 7.66.